The van der Waals surface area contributed by atoms with Crippen LogP contribution in [0.25, 0.3) is 5.76 Å². The number of ketones is 1. The van der Waals surface area contributed by atoms with Crippen LogP contribution in [-0.2, 0) is 14.3 Å². The summed E-state index contributed by atoms with van der Waals surface area (Å²) in [7, 11) is 7.49. The summed E-state index contributed by atoms with van der Waals surface area (Å²) in [6.45, 7) is 2.17. The van der Waals surface area contributed by atoms with E-state index >= 15 is 0 Å². The quantitative estimate of drug-likeness (QED) is 0.338. The molecule has 182 valence electrons. The predicted octanol–water partition coefficient (Wildman–Crippen LogP) is 3.10. The lowest BCUT2D eigenvalue weighted by Crippen LogP contribution is -2.32. The molecule has 0 bridgehead atoms. The molecule has 0 saturated carbocycles. The number of methoxy groups -OCH3 is 5. The summed E-state index contributed by atoms with van der Waals surface area (Å²) < 4.78 is 26.8. The average molecular weight is 472 g/mol. The molecular weight excluding hydrogens is 442 g/mol. The molecule has 1 aliphatic heterocycles. The minimum atomic E-state index is -0.897. The van der Waals surface area contributed by atoms with Gasteiger partial charge in [-0.1, -0.05) is 0 Å². The number of benzene rings is 2. The van der Waals surface area contributed by atoms with Gasteiger partial charge in [0.15, 0.2) is 11.5 Å². The predicted molar refractivity (Wildman–Crippen MR) is 125 cm³/mol. The van der Waals surface area contributed by atoms with Gasteiger partial charge < -0.3 is 33.7 Å². The molecular formula is C25H29NO8. The second-order valence-electron chi connectivity index (χ2n) is 7.63. The molecule has 3 rings (SSSR count). The Morgan fingerprint density at radius 3 is 2.03 bits per heavy atom. The van der Waals surface area contributed by atoms with Crippen molar-refractivity contribution in [3.05, 3.63) is 52.6 Å². The van der Waals surface area contributed by atoms with Crippen molar-refractivity contribution in [1.29, 1.82) is 0 Å². The number of nitrogens with zero attached hydrogens (tertiary/aromatic N) is 1. The Kier molecular flexibility index (Phi) is 7.68. The minimum Gasteiger partial charge on any atom is -0.507 e. The van der Waals surface area contributed by atoms with Gasteiger partial charge in [-0.05, 0) is 48.4 Å². The van der Waals surface area contributed by atoms with E-state index in [0.29, 0.717) is 34.1 Å². The monoisotopic (exact) mass is 471 g/mol. The number of hydrogen-bond donors (Lipinski definition) is 1. The van der Waals surface area contributed by atoms with E-state index in [1.54, 1.807) is 37.4 Å². The summed E-state index contributed by atoms with van der Waals surface area (Å²) in [6, 6.07) is 7.44. The largest absolute Gasteiger partial charge is 0.507 e. The number of ether oxygens (including phenoxy) is 5. The van der Waals surface area contributed by atoms with Crippen molar-refractivity contribution in [2.24, 2.45) is 0 Å². The van der Waals surface area contributed by atoms with Gasteiger partial charge in [0.2, 0.25) is 5.75 Å². The molecule has 2 aromatic carbocycles. The van der Waals surface area contributed by atoms with Crippen LogP contribution in [0.3, 0.4) is 0 Å². The van der Waals surface area contributed by atoms with Crippen LogP contribution in [0.5, 0.6) is 23.0 Å². The molecule has 1 amide bonds. The van der Waals surface area contributed by atoms with Crippen LogP contribution in [-0.4, -0.2) is 70.4 Å². The van der Waals surface area contributed by atoms with Crippen molar-refractivity contribution in [3.63, 3.8) is 0 Å². The van der Waals surface area contributed by atoms with Crippen LogP contribution in [0, 0.1) is 6.92 Å². The zero-order valence-electron chi connectivity index (χ0n) is 20.1. The fraction of sp³-hybridized carbons (Fsp3) is 0.360. The van der Waals surface area contributed by atoms with Gasteiger partial charge in [0.05, 0.1) is 46.7 Å². The van der Waals surface area contributed by atoms with Crippen LogP contribution >= 0.6 is 0 Å². The van der Waals surface area contributed by atoms with E-state index in [4.69, 9.17) is 23.7 Å². The first-order valence-corrected chi connectivity index (χ1v) is 10.5. The molecule has 0 radical (unpaired) electrons. The Balaban J connectivity index is 2.26. The fourth-order valence-corrected chi connectivity index (χ4v) is 4.09. The highest BCUT2D eigenvalue weighted by atomic mass is 16.5. The molecule has 1 N–H and O–H groups in total. The number of aliphatic hydroxyl groups excluding tert-OH is 1. The van der Waals surface area contributed by atoms with E-state index in [1.807, 2.05) is 6.92 Å². The number of carbonyl (C=O) groups excluding carboxylic acids is 2. The lowest BCUT2D eigenvalue weighted by Gasteiger charge is -2.26. The number of carbonyl (C=O) groups is 2. The molecule has 9 heteroatoms. The van der Waals surface area contributed by atoms with Crippen LogP contribution in [0.2, 0.25) is 0 Å². The van der Waals surface area contributed by atoms with Crippen molar-refractivity contribution in [2.45, 2.75) is 13.0 Å². The zero-order chi connectivity index (χ0) is 25.0. The van der Waals surface area contributed by atoms with Gasteiger partial charge in [-0.2, -0.15) is 0 Å². The van der Waals surface area contributed by atoms with Gasteiger partial charge in [-0.15, -0.1) is 0 Å². The molecule has 1 aliphatic rings. The first-order valence-electron chi connectivity index (χ1n) is 10.5. The van der Waals surface area contributed by atoms with Crippen molar-refractivity contribution >= 4 is 17.4 Å². The number of aryl methyl sites for hydroxylation is 1. The van der Waals surface area contributed by atoms with Crippen molar-refractivity contribution < 1.29 is 38.4 Å². The lowest BCUT2D eigenvalue weighted by molar-refractivity contribution is -0.140. The molecule has 1 fully saturated rings. The Bertz CT molecular complexity index is 1100. The summed E-state index contributed by atoms with van der Waals surface area (Å²) in [4.78, 5) is 27.5. The van der Waals surface area contributed by atoms with E-state index in [0.717, 1.165) is 5.56 Å². The topological polar surface area (TPSA) is 104 Å². The van der Waals surface area contributed by atoms with Gasteiger partial charge in [-0.25, -0.2) is 0 Å². The third-order valence-electron chi connectivity index (χ3n) is 5.75. The normalized spacial score (nSPS) is 17.1. The first-order chi connectivity index (χ1) is 16.3. The number of Topliss-reactive ketones (excluding diaryl/α,β-unsaturated/α-hetero) is 1. The van der Waals surface area contributed by atoms with Gasteiger partial charge in [-0.3, -0.25) is 9.59 Å². The maximum atomic E-state index is 13.2. The second kappa shape index (κ2) is 10.5. The Morgan fingerprint density at radius 2 is 1.53 bits per heavy atom. The molecule has 9 nitrogen and oxygen atoms in total. The lowest BCUT2D eigenvalue weighted by atomic mass is 9.94. The summed E-state index contributed by atoms with van der Waals surface area (Å²) in [6.07, 6.45) is 0. The van der Waals surface area contributed by atoms with Gasteiger partial charge >= 0.3 is 0 Å². The van der Waals surface area contributed by atoms with Crippen LogP contribution in [0.4, 0.5) is 0 Å². The van der Waals surface area contributed by atoms with Crippen molar-refractivity contribution in [1.82, 2.24) is 4.90 Å². The van der Waals surface area contributed by atoms with Crippen LogP contribution < -0.4 is 18.9 Å². The van der Waals surface area contributed by atoms with Gasteiger partial charge in [0.1, 0.15) is 11.5 Å². The van der Waals surface area contributed by atoms with Crippen LogP contribution in [0.15, 0.2) is 35.9 Å². The number of rotatable bonds is 9. The Morgan fingerprint density at radius 1 is 0.912 bits per heavy atom. The minimum absolute atomic E-state index is 0.0417. The van der Waals surface area contributed by atoms with Gasteiger partial charge in [0.25, 0.3) is 11.7 Å². The first kappa shape index (κ1) is 24.9. The molecule has 0 aliphatic carbocycles. The summed E-state index contributed by atoms with van der Waals surface area (Å²) in [5, 5.41) is 11.2. The van der Waals surface area contributed by atoms with Crippen molar-refractivity contribution in [3.8, 4) is 23.0 Å². The number of hydrogen-bond acceptors (Lipinski definition) is 8. The maximum Gasteiger partial charge on any atom is 0.295 e. The highest BCUT2D eigenvalue weighted by molar-refractivity contribution is 6.46. The maximum absolute atomic E-state index is 13.2. The third-order valence-corrected chi connectivity index (χ3v) is 5.75. The smallest absolute Gasteiger partial charge is 0.295 e. The molecule has 1 unspecified atom stereocenters. The number of likely N-dealkylation sites (tertiary alicyclic amines) is 1. The summed E-state index contributed by atoms with van der Waals surface area (Å²) in [5.41, 5.74) is 1.63. The molecule has 1 heterocycles. The van der Waals surface area contributed by atoms with E-state index in [-0.39, 0.29) is 24.5 Å². The molecule has 1 saturated heterocycles. The molecule has 1 atom stereocenters. The van der Waals surface area contributed by atoms with E-state index in [2.05, 4.69) is 0 Å². The van der Waals surface area contributed by atoms with E-state index < -0.39 is 17.7 Å². The highest BCUT2D eigenvalue weighted by Gasteiger charge is 2.46. The SMILES string of the molecule is COCCN1C(=O)C(=O)/C(=C(/O)c2ccc(OC)c(C)c2)C1c1cc(OC)c(OC)c(OC)c1. The highest BCUT2D eigenvalue weighted by Crippen LogP contribution is 2.45. The third kappa shape index (κ3) is 4.38. The number of aliphatic hydroxyl groups is 1. The average Bonchev–Trinajstić information content (AvgIpc) is 3.10. The summed E-state index contributed by atoms with van der Waals surface area (Å²) >= 11 is 0. The van der Waals surface area contributed by atoms with Crippen molar-refractivity contribution in [2.75, 3.05) is 48.7 Å². The standard InChI is InChI=1S/C25H29NO8/c1-14-11-15(7-8-17(14)31-3)22(27)20-21(26(9-10-30-2)25(29)23(20)28)16-12-18(32-4)24(34-6)19(13-16)33-5/h7-8,11-13,21,27H,9-10H2,1-6H3/b22-20+. The van der Waals surface area contributed by atoms with Crippen LogP contribution in [0.1, 0.15) is 22.7 Å². The molecule has 0 spiro atoms. The number of amides is 1. The van der Waals surface area contributed by atoms with Gasteiger partial charge in [0, 0.05) is 19.2 Å². The van der Waals surface area contributed by atoms with E-state index in [1.165, 1.54) is 33.3 Å². The molecule has 2 aromatic rings. The molecule has 0 aromatic heterocycles. The second-order valence-corrected chi connectivity index (χ2v) is 7.63. The zero-order valence-corrected chi connectivity index (χ0v) is 20.1. The Labute approximate surface area is 198 Å². The Hall–Kier alpha value is -3.72. The summed E-state index contributed by atoms with van der Waals surface area (Å²) in [5.74, 6) is -0.0956. The van der Waals surface area contributed by atoms with E-state index in [9.17, 15) is 14.7 Å². The molecule has 34 heavy (non-hydrogen) atoms. The fourth-order valence-electron chi connectivity index (χ4n) is 4.09.